The number of aliphatic hydroxyl groups excluding tert-OH is 1. The van der Waals surface area contributed by atoms with Crippen LogP contribution in [0.25, 0.3) is 0 Å². The lowest BCUT2D eigenvalue weighted by Crippen LogP contribution is -2.02. The van der Waals surface area contributed by atoms with Crippen molar-refractivity contribution in [2.45, 2.75) is 32.3 Å². The number of halogens is 2. The first kappa shape index (κ1) is 15.4. The molecule has 0 heterocycles. The molecule has 0 aliphatic carbocycles. The van der Waals surface area contributed by atoms with Gasteiger partial charge in [0.15, 0.2) is 0 Å². The number of hydrogen-bond acceptors (Lipinski definition) is 1. The Hall–Kier alpha value is -1.02. The van der Waals surface area contributed by atoms with E-state index in [2.05, 4.69) is 19.1 Å². The minimum absolute atomic E-state index is 0.523. The van der Waals surface area contributed by atoms with E-state index >= 15 is 0 Å². The van der Waals surface area contributed by atoms with Crippen molar-refractivity contribution in [2.24, 2.45) is 0 Å². The van der Waals surface area contributed by atoms with Gasteiger partial charge in [0.05, 0.1) is 16.1 Å². The first-order chi connectivity index (χ1) is 9.60. The second-order valence-corrected chi connectivity index (χ2v) is 5.77. The maximum atomic E-state index is 10.3. The van der Waals surface area contributed by atoms with E-state index in [9.17, 15) is 5.11 Å². The second kappa shape index (κ2) is 7.12. The predicted octanol–water partition coefficient (Wildman–Crippen LogP) is 5.22. The summed E-state index contributed by atoms with van der Waals surface area (Å²) in [6, 6.07) is 13.6. The highest BCUT2D eigenvalue weighted by atomic mass is 35.5. The van der Waals surface area contributed by atoms with Crippen LogP contribution in [0.2, 0.25) is 10.0 Å². The molecule has 0 radical (unpaired) electrons. The van der Waals surface area contributed by atoms with Crippen LogP contribution in [0.5, 0.6) is 0 Å². The van der Waals surface area contributed by atoms with Gasteiger partial charge in [-0.2, -0.15) is 0 Å². The summed E-state index contributed by atoms with van der Waals surface area (Å²) in [5, 5.41) is 11.3. The lowest BCUT2D eigenvalue weighted by molar-refractivity contribution is 0.178. The van der Waals surface area contributed by atoms with Crippen molar-refractivity contribution in [2.75, 3.05) is 0 Å². The Kier molecular flexibility index (Phi) is 5.47. The molecule has 1 nitrogen and oxygen atoms in total. The first-order valence-corrected chi connectivity index (χ1v) is 7.56. The highest BCUT2D eigenvalue weighted by molar-refractivity contribution is 6.42. The minimum atomic E-state index is -0.525. The van der Waals surface area contributed by atoms with Gasteiger partial charge in [0.2, 0.25) is 0 Å². The summed E-state index contributed by atoms with van der Waals surface area (Å²) < 4.78 is 0. The largest absolute Gasteiger partial charge is 0.388 e. The fraction of sp³-hybridized carbons (Fsp3) is 0.294. The molecule has 0 aliphatic heterocycles. The third kappa shape index (κ3) is 3.99. The van der Waals surface area contributed by atoms with E-state index in [-0.39, 0.29) is 0 Å². The summed E-state index contributed by atoms with van der Waals surface area (Å²) in [7, 11) is 0. The molecule has 0 fully saturated rings. The Morgan fingerprint density at radius 1 is 0.950 bits per heavy atom. The zero-order valence-electron chi connectivity index (χ0n) is 11.4. The van der Waals surface area contributed by atoms with Crippen LogP contribution in [-0.2, 0) is 12.8 Å². The van der Waals surface area contributed by atoms with Gasteiger partial charge in [-0.05, 0) is 35.2 Å². The fourth-order valence-electron chi connectivity index (χ4n) is 2.20. The topological polar surface area (TPSA) is 20.2 Å². The van der Waals surface area contributed by atoms with Gasteiger partial charge in [-0.1, -0.05) is 66.9 Å². The Balaban J connectivity index is 2.06. The SMILES string of the molecule is CCCc1ccc(C(O)Cc2ccc(Cl)c(Cl)c2)cc1. The molecule has 0 bridgehead atoms. The number of hydrogen-bond donors (Lipinski definition) is 1. The van der Waals surface area contributed by atoms with Crippen molar-refractivity contribution in [1.82, 2.24) is 0 Å². The van der Waals surface area contributed by atoms with E-state index in [0.717, 1.165) is 24.0 Å². The lowest BCUT2D eigenvalue weighted by Gasteiger charge is -2.12. The molecular formula is C17H18Cl2O. The first-order valence-electron chi connectivity index (χ1n) is 6.81. The minimum Gasteiger partial charge on any atom is -0.388 e. The predicted molar refractivity (Wildman–Crippen MR) is 85.6 cm³/mol. The molecule has 1 atom stereocenters. The Morgan fingerprint density at radius 2 is 1.60 bits per heavy atom. The molecule has 1 N–H and O–H groups in total. The van der Waals surface area contributed by atoms with E-state index < -0.39 is 6.10 Å². The maximum absolute atomic E-state index is 10.3. The van der Waals surface area contributed by atoms with E-state index in [1.54, 1.807) is 12.1 Å². The summed E-state index contributed by atoms with van der Waals surface area (Å²) >= 11 is 11.9. The van der Waals surface area contributed by atoms with Crippen LogP contribution in [0.15, 0.2) is 42.5 Å². The van der Waals surface area contributed by atoms with Crippen LogP contribution in [0.4, 0.5) is 0 Å². The lowest BCUT2D eigenvalue weighted by atomic mass is 9.99. The molecule has 0 aliphatic rings. The normalized spacial score (nSPS) is 12.4. The van der Waals surface area contributed by atoms with Crippen LogP contribution in [0.1, 0.15) is 36.1 Å². The van der Waals surface area contributed by atoms with Crippen molar-refractivity contribution in [3.8, 4) is 0 Å². The molecule has 0 spiro atoms. The van der Waals surface area contributed by atoms with Crippen molar-refractivity contribution < 1.29 is 5.11 Å². The molecule has 2 aromatic rings. The van der Waals surface area contributed by atoms with Gasteiger partial charge < -0.3 is 5.11 Å². The summed E-state index contributed by atoms with van der Waals surface area (Å²) in [6.07, 6.45) is 2.21. The summed E-state index contributed by atoms with van der Waals surface area (Å²) in [6.45, 7) is 2.16. The molecule has 106 valence electrons. The van der Waals surface area contributed by atoms with Crippen LogP contribution >= 0.6 is 23.2 Å². The van der Waals surface area contributed by atoms with Crippen LogP contribution in [-0.4, -0.2) is 5.11 Å². The van der Waals surface area contributed by atoms with Gasteiger partial charge in [-0.15, -0.1) is 0 Å². The molecule has 0 saturated carbocycles. The smallest absolute Gasteiger partial charge is 0.0830 e. The zero-order chi connectivity index (χ0) is 14.5. The highest BCUT2D eigenvalue weighted by Crippen LogP contribution is 2.25. The molecule has 1 unspecified atom stereocenters. The number of rotatable bonds is 5. The van der Waals surface area contributed by atoms with Crippen LogP contribution < -0.4 is 0 Å². The van der Waals surface area contributed by atoms with E-state index in [4.69, 9.17) is 23.2 Å². The standard InChI is InChI=1S/C17H18Cl2O/c1-2-3-12-4-7-14(8-5-12)17(20)11-13-6-9-15(18)16(19)10-13/h4-10,17,20H,2-3,11H2,1H3. The molecule has 2 rings (SSSR count). The number of aryl methyl sites for hydroxylation is 1. The number of aliphatic hydroxyl groups is 1. The van der Waals surface area contributed by atoms with Gasteiger partial charge in [0, 0.05) is 6.42 Å². The average molecular weight is 309 g/mol. The molecule has 3 heteroatoms. The van der Waals surface area contributed by atoms with Gasteiger partial charge in [0.25, 0.3) is 0 Å². The molecule has 0 saturated heterocycles. The molecular weight excluding hydrogens is 291 g/mol. The van der Waals surface area contributed by atoms with Gasteiger partial charge in [0.1, 0.15) is 0 Å². The van der Waals surface area contributed by atoms with E-state index in [0.29, 0.717) is 16.5 Å². The Morgan fingerprint density at radius 3 is 2.20 bits per heavy atom. The van der Waals surface area contributed by atoms with Crippen molar-refractivity contribution >= 4 is 23.2 Å². The Bertz CT molecular complexity index is 564. The number of benzene rings is 2. The molecule has 0 aromatic heterocycles. The van der Waals surface area contributed by atoms with Crippen LogP contribution in [0, 0.1) is 0 Å². The zero-order valence-corrected chi connectivity index (χ0v) is 13.0. The third-order valence-corrected chi connectivity index (χ3v) is 4.06. The summed E-state index contributed by atoms with van der Waals surface area (Å²) in [4.78, 5) is 0. The summed E-state index contributed by atoms with van der Waals surface area (Å²) in [5.41, 5.74) is 3.21. The van der Waals surface area contributed by atoms with Gasteiger partial charge in [-0.25, -0.2) is 0 Å². The van der Waals surface area contributed by atoms with Crippen molar-refractivity contribution in [3.63, 3.8) is 0 Å². The summed E-state index contributed by atoms with van der Waals surface area (Å²) in [5.74, 6) is 0. The Labute approximate surface area is 130 Å². The fourth-order valence-corrected chi connectivity index (χ4v) is 2.52. The maximum Gasteiger partial charge on any atom is 0.0830 e. The monoisotopic (exact) mass is 308 g/mol. The third-order valence-electron chi connectivity index (χ3n) is 3.32. The van der Waals surface area contributed by atoms with Gasteiger partial charge >= 0.3 is 0 Å². The molecule has 0 amide bonds. The average Bonchev–Trinajstić information content (AvgIpc) is 2.44. The van der Waals surface area contributed by atoms with Crippen molar-refractivity contribution in [1.29, 1.82) is 0 Å². The van der Waals surface area contributed by atoms with Crippen LogP contribution in [0.3, 0.4) is 0 Å². The molecule has 20 heavy (non-hydrogen) atoms. The van der Waals surface area contributed by atoms with E-state index in [1.165, 1.54) is 5.56 Å². The highest BCUT2D eigenvalue weighted by Gasteiger charge is 2.09. The molecule has 2 aromatic carbocycles. The quantitative estimate of drug-likeness (QED) is 0.802. The van der Waals surface area contributed by atoms with Crippen molar-refractivity contribution in [3.05, 3.63) is 69.2 Å². The van der Waals surface area contributed by atoms with Gasteiger partial charge in [-0.3, -0.25) is 0 Å². The van der Waals surface area contributed by atoms with E-state index in [1.807, 2.05) is 18.2 Å². The second-order valence-electron chi connectivity index (χ2n) is 4.96.